The fourth-order valence-electron chi connectivity index (χ4n) is 3.13. The van der Waals surface area contributed by atoms with Crippen LogP contribution in [0, 0.1) is 0 Å². The Labute approximate surface area is 164 Å². The molecule has 0 atom stereocenters. The molecular weight excluding hydrogens is 372 g/mol. The van der Waals surface area contributed by atoms with Gasteiger partial charge in [-0.2, -0.15) is 0 Å². The van der Waals surface area contributed by atoms with Crippen molar-refractivity contribution in [1.29, 1.82) is 0 Å². The average molecular weight is 399 g/mol. The van der Waals surface area contributed by atoms with E-state index in [1.807, 2.05) is 4.90 Å². The molecule has 2 rings (SSSR count). The van der Waals surface area contributed by atoms with Crippen molar-refractivity contribution < 1.29 is 23.8 Å². The highest BCUT2D eigenvalue weighted by Crippen LogP contribution is 2.38. The Hall–Kier alpha value is -2.15. The number of nitrogens with one attached hydrogen (secondary N) is 1. The molecule has 0 aromatic heterocycles. The summed E-state index contributed by atoms with van der Waals surface area (Å²) in [6.45, 7) is 1.28. The number of amides is 2. The number of carbonyl (C=O) groups is 2. The number of benzene rings is 1. The van der Waals surface area contributed by atoms with Gasteiger partial charge in [-0.25, -0.2) is 0 Å². The Morgan fingerprint density at radius 1 is 1.11 bits per heavy atom. The van der Waals surface area contributed by atoms with E-state index < -0.39 is 0 Å². The Balaban J connectivity index is 1.97. The predicted octanol–water partition coefficient (Wildman–Crippen LogP) is 2.45. The lowest BCUT2D eigenvalue weighted by atomic mass is 10.0. The van der Waals surface area contributed by atoms with Crippen LogP contribution in [0.3, 0.4) is 0 Å². The number of hydrogen-bond donors (Lipinski definition) is 1. The number of alkyl halides is 1. The SMILES string of the molecule is COc1cc(C(=O)NC2CCN(C(=O)CCCCl)CC2)cc(OC)c1OC. The van der Waals surface area contributed by atoms with Crippen LogP contribution in [0.1, 0.15) is 36.0 Å². The second-order valence-corrected chi connectivity index (χ2v) is 6.71. The lowest BCUT2D eigenvalue weighted by molar-refractivity contribution is -0.132. The van der Waals surface area contributed by atoms with Crippen LogP contribution in [-0.4, -0.2) is 63.1 Å². The third-order valence-electron chi connectivity index (χ3n) is 4.63. The number of rotatable bonds is 8. The van der Waals surface area contributed by atoms with Crippen molar-refractivity contribution in [2.24, 2.45) is 0 Å². The van der Waals surface area contributed by atoms with Crippen molar-refractivity contribution in [3.8, 4) is 17.2 Å². The number of nitrogens with zero attached hydrogens (tertiary/aromatic N) is 1. The van der Waals surface area contributed by atoms with Crippen LogP contribution < -0.4 is 19.5 Å². The summed E-state index contributed by atoms with van der Waals surface area (Å²) < 4.78 is 15.9. The second-order valence-electron chi connectivity index (χ2n) is 6.34. The molecule has 7 nitrogen and oxygen atoms in total. The topological polar surface area (TPSA) is 77.1 Å². The Bertz CT molecular complexity index is 634. The van der Waals surface area contributed by atoms with Gasteiger partial charge in [0.1, 0.15) is 0 Å². The minimum absolute atomic E-state index is 0.0219. The standard InChI is InChI=1S/C19H27ClN2O5/c1-25-15-11-13(12-16(26-2)18(15)27-3)19(24)21-14-6-9-22(10-7-14)17(23)5-4-8-20/h11-12,14H,4-10H2,1-3H3,(H,21,24). The molecule has 8 heteroatoms. The van der Waals surface area contributed by atoms with Crippen LogP contribution in [0.2, 0.25) is 0 Å². The molecule has 150 valence electrons. The summed E-state index contributed by atoms with van der Waals surface area (Å²) >= 11 is 5.64. The highest BCUT2D eigenvalue weighted by molar-refractivity contribution is 6.17. The molecule has 1 heterocycles. The van der Waals surface area contributed by atoms with Crippen LogP contribution in [0.15, 0.2) is 12.1 Å². The van der Waals surface area contributed by atoms with Gasteiger partial charge >= 0.3 is 0 Å². The normalized spacial score (nSPS) is 14.6. The van der Waals surface area contributed by atoms with E-state index >= 15 is 0 Å². The quantitative estimate of drug-likeness (QED) is 0.680. The number of hydrogen-bond acceptors (Lipinski definition) is 5. The Kier molecular flexibility index (Phi) is 8.03. The van der Waals surface area contributed by atoms with Gasteiger partial charge in [0.15, 0.2) is 11.5 Å². The van der Waals surface area contributed by atoms with Gasteiger partial charge in [-0.3, -0.25) is 9.59 Å². The molecule has 0 spiro atoms. The van der Waals surface area contributed by atoms with Gasteiger partial charge in [-0.1, -0.05) is 0 Å². The number of likely N-dealkylation sites (tertiary alicyclic amines) is 1. The molecule has 1 aromatic rings. The van der Waals surface area contributed by atoms with E-state index in [2.05, 4.69) is 5.32 Å². The fraction of sp³-hybridized carbons (Fsp3) is 0.579. The molecule has 1 aliphatic rings. The smallest absolute Gasteiger partial charge is 0.251 e. The van der Waals surface area contributed by atoms with Gasteiger partial charge in [-0.05, 0) is 31.4 Å². The number of methoxy groups -OCH3 is 3. The first-order valence-electron chi connectivity index (χ1n) is 8.98. The molecule has 2 amide bonds. The highest BCUT2D eigenvalue weighted by atomic mass is 35.5. The van der Waals surface area contributed by atoms with Gasteiger partial charge in [0.05, 0.1) is 21.3 Å². The lowest BCUT2D eigenvalue weighted by Crippen LogP contribution is -2.46. The van der Waals surface area contributed by atoms with Crippen molar-refractivity contribution in [2.45, 2.75) is 31.7 Å². The molecule has 0 radical (unpaired) electrons. The van der Waals surface area contributed by atoms with Crippen LogP contribution >= 0.6 is 11.6 Å². The van der Waals surface area contributed by atoms with Crippen LogP contribution in [0.25, 0.3) is 0 Å². The minimum atomic E-state index is -0.207. The predicted molar refractivity (Wildman–Crippen MR) is 103 cm³/mol. The molecule has 0 aliphatic carbocycles. The number of carbonyl (C=O) groups excluding carboxylic acids is 2. The van der Waals surface area contributed by atoms with Crippen LogP contribution in [0.5, 0.6) is 17.2 Å². The maximum absolute atomic E-state index is 12.6. The van der Waals surface area contributed by atoms with Crippen molar-refractivity contribution in [1.82, 2.24) is 10.2 Å². The zero-order chi connectivity index (χ0) is 19.8. The largest absolute Gasteiger partial charge is 0.493 e. The van der Waals surface area contributed by atoms with Crippen molar-refractivity contribution in [2.75, 3.05) is 40.3 Å². The Morgan fingerprint density at radius 3 is 2.19 bits per heavy atom. The third-order valence-corrected chi connectivity index (χ3v) is 4.90. The molecule has 1 fully saturated rings. The van der Waals surface area contributed by atoms with Gasteiger partial charge < -0.3 is 24.4 Å². The van der Waals surface area contributed by atoms with Gasteiger partial charge in [-0.15, -0.1) is 11.6 Å². The van der Waals surface area contributed by atoms with Gasteiger partial charge in [0.2, 0.25) is 11.7 Å². The summed E-state index contributed by atoms with van der Waals surface area (Å²) in [6.07, 6.45) is 2.62. The number of ether oxygens (including phenoxy) is 3. The van der Waals surface area contributed by atoms with Crippen LogP contribution in [0.4, 0.5) is 0 Å². The summed E-state index contributed by atoms with van der Waals surface area (Å²) in [7, 11) is 4.54. The van der Waals surface area contributed by atoms with Crippen molar-refractivity contribution >= 4 is 23.4 Å². The highest BCUT2D eigenvalue weighted by Gasteiger charge is 2.25. The fourth-order valence-corrected chi connectivity index (χ4v) is 3.26. The van der Waals surface area contributed by atoms with Gasteiger partial charge in [0.25, 0.3) is 5.91 Å². The molecule has 1 aromatic carbocycles. The van der Waals surface area contributed by atoms with E-state index in [0.717, 1.165) is 12.8 Å². The molecule has 1 saturated heterocycles. The van der Waals surface area contributed by atoms with E-state index in [1.165, 1.54) is 21.3 Å². The number of halogens is 1. The number of piperidine rings is 1. The summed E-state index contributed by atoms with van der Waals surface area (Å²) in [5.41, 5.74) is 0.435. The first kappa shape index (κ1) is 21.2. The summed E-state index contributed by atoms with van der Waals surface area (Å²) in [5, 5.41) is 3.03. The van der Waals surface area contributed by atoms with Crippen molar-refractivity contribution in [3.63, 3.8) is 0 Å². The van der Waals surface area contributed by atoms with E-state index in [1.54, 1.807) is 12.1 Å². The van der Waals surface area contributed by atoms with Crippen molar-refractivity contribution in [3.05, 3.63) is 17.7 Å². The average Bonchev–Trinajstić information content (AvgIpc) is 2.71. The maximum Gasteiger partial charge on any atom is 0.251 e. The minimum Gasteiger partial charge on any atom is -0.493 e. The van der Waals surface area contributed by atoms with E-state index in [-0.39, 0.29) is 17.9 Å². The first-order valence-corrected chi connectivity index (χ1v) is 9.52. The molecule has 27 heavy (non-hydrogen) atoms. The van der Waals surface area contributed by atoms with Crippen LogP contribution in [-0.2, 0) is 4.79 Å². The second kappa shape index (κ2) is 10.3. The molecule has 0 unspecified atom stereocenters. The molecule has 1 N–H and O–H groups in total. The molecule has 1 aliphatic heterocycles. The lowest BCUT2D eigenvalue weighted by Gasteiger charge is -2.32. The summed E-state index contributed by atoms with van der Waals surface area (Å²) in [6, 6.07) is 3.27. The zero-order valence-corrected chi connectivity index (χ0v) is 16.8. The summed E-state index contributed by atoms with van der Waals surface area (Å²) in [5.74, 6) is 1.72. The van der Waals surface area contributed by atoms with Gasteiger partial charge in [0, 0.05) is 37.0 Å². The van der Waals surface area contributed by atoms with E-state index in [9.17, 15) is 9.59 Å². The molecule has 0 saturated carbocycles. The Morgan fingerprint density at radius 2 is 1.70 bits per heavy atom. The van der Waals surface area contributed by atoms with E-state index in [4.69, 9.17) is 25.8 Å². The maximum atomic E-state index is 12.6. The monoisotopic (exact) mass is 398 g/mol. The summed E-state index contributed by atoms with van der Waals surface area (Å²) in [4.78, 5) is 26.5. The third kappa shape index (κ3) is 5.42. The molecule has 0 bridgehead atoms. The zero-order valence-electron chi connectivity index (χ0n) is 16.0. The molecular formula is C19H27ClN2O5. The van der Waals surface area contributed by atoms with E-state index in [0.29, 0.717) is 54.6 Å². The first-order chi connectivity index (χ1) is 13.0.